The molecule has 0 aliphatic heterocycles. The Kier molecular flexibility index (Phi) is 4.12. The quantitative estimate of drug-likeness (QED) is 0.767. The number of methoxy groups -OCH3 is 1. The standard InChI is InChI=1S/C21H28O4/c1-6-19(2)11-8-13-14(18(19)25-5)15(23)16(24)17-20(3,12-22)9-7-10-21(13,17)4/h6-7,10,18,22,24H,1,8-9,11-12H2,2-5H3/t18-,19+,20+,21-/m1/s1. The van der Waals surface area contributed by atoms with E-state index in [-0.39, 0.29) is 23.6 Å². The highest BCUT2D eigenvalue weighted by molar-refractivity contribution is 6.10. The molecule has 2 N–H and O–H groups in total. The van der Waals surface area contributed by atoms with Gasteiger partial charge in [-0.1, -0.05) is 32.1 Å². The number of carbonyl (C=O) groups is 1. The first kappa shape index (κ1) is 18.2. The van der Waals surface area contributed by atoms with Gasteiger partial charge in [0.05, 0.1) is 12.7 Å². The van der Waals surface area contributed by atoms with Crippen LogP contribution in [0.5, 0.6) is 0 Å². The molecule has 0 amide bonds. The molecule has 0 fully saturated rings. The summed E-state index contributed by atoms with van der Waals surface area (Å²) in [5, 5.41) is 20.8. The van der Waals surface area contributed by atoms with Gasteiger partial charge in [-0.2, -0.15) is 0 Å². The second-order valence-electron chi connectivity index (χ2n) is 8.30. The summed E-state index contributed by atoms with van der Waals surface area (Å²) in [6.45, 7) is 9.81. The number of fused-ring (bicyclic) bond motifs is 2. The number of aliphatic hydroxyl groups excluding tert-OH is 2. The summed E-state index contributed by atoms with van der Waals surface area (Å²) < 4.78 is 5.73. The normalized spacial score (nSPS) is 40.8. The molecule has 3 rings (SSSR count). The van der Waals surface area contributed by atoms with Crippen molar-refractivity contribution in [2.75, 3.05) is 13.7 Å². The van der Waals surface area contributed by atoms with Gasteiger partial charge in [0.1, 0.15) is 0 Å². The molecular formula is C21H28O4. The van der Waals surface area contributed by atoms with Crippen molar-refractivity contribution in [1.82, 2.24) is 0 Å². The van der Waals surface area contributed by atoms with Gasteiger partial charge in [-0.05, 0) is 37.3 Å². The smallest absolute Gasteiger partial charge is 0.225 e. The molecule has 0 spiro atoms. The van der Waals surface area contributed by atoms with E-state index in [9.17, 15) is 15.0 Å². The van der Waals surface area contributed by atoms with Gasteiger partial charge >= 0.3 is 0 Å². The van der Waals surface area contributed by atoms with Crippen molar-refractivity contribution in [2.24, 2.45) is 16.2 Å². The molecule has 0 saturated heterocycles. The average molecular weight is 344 g/mol. The molecule has 0 aromatic heterocycles. The Bertz CT molecular complexity index is 728. The molecular weight excluding hydrogens is 316 g/mol. The Morgan fingerprint density at radius 3 is 2.64 bits per heavy atom. The molecule has 3 aliphatic carbocycles. The van der Waals surface area contributed by atoms with Gasteiger partial charge in [0.15, 0.2) is 5.76 Å². The first-order valence-corrected chi connectivity index (χ1v) is 8.86. The highest BCUT2D eigenvalue weighted by Crippen LogP contribution is 2.59. The number of hydrogen-bond donors (Lipinski definition) is 2. The predicted molar refractivity (Wildman–Crippen MR) is 97.1 cm³/mol. The third kappa shape index (κ3) is 2.24. The number of carbonyl (C=O) groups excluding carboxylic acids is 1. The number of ether oxygens (including phenoxy) is 1. The Labute approximate surface area is 149 Å². The van der Waals surface area contributed by atoms with E-state index < -0.39 is 16.9 Å². The minimum absolute atomic E-state index is 0.111. The molecule has 4 atom stereocenters. The van der Waals surface area contributed by atoms with Crippen LogP contribution in [0.25, 0.3) is 0 Å². The highest BCUT2D eigenvalue weighted by Gasteiger charge is 2.55. The summed E-state index contributed by atoms with van der Waals surface area (Å²) >= 11 is 0. The van der Waals surface area contributed by atoms with Gasteiger partial charge < -0.3 is 14.9 Å². The van der Waals surface area contributed by atoms with Gasteiger partial charge in [-0.25, -0.2) is 0 Å². The van der Waals surface area contributed by atoms with E-state index in [1.807, 2.05) is 26.8 Å². The average Bonchev–Trinajstić information content (AvgIpc) is 2.59. The molecule has 0 unspecified atom stereocenters. The lowest BCUT2D eigenvalue weighted by Gasteiger charge is -2.51. The van der Waals surface area contributed by atoms with E-state index in [0.717, 1.165) is 18.4 Å². The first-order chi connectivity index (χ1) is 11.7. The second kappa shape index (κ2) is 5.68. The second-order valence-corrected chi connectivity index (χ2v) is 8.30. The lowest BCUT2D eigenvalue weighted by molar-refractivity contribution is -0.118. The molecule has 0 aromatic carbocycles. The minimum atomic E-state index is -0.635. The molecule has 25 heavy (non-hydrogen) atoms. The van der Waals surface area contributed by atoms with E-state index in [1.165, 1.54) is 0 Å². The fraction of sp³-hybridized carbons (Fsp3) is 0.571. The predicted octanol–water partition coefficient (Wildman–Crippen LogP) is 3.64. The van der Waals surface area contributed by atoms with E-state index in [1.54, 1.807) is 7.11 Å². The van der Waals surface area contributed by atoms with Gasteiger partial charge in [0.25, 0.3) is 0 Å². The summed E-state index contributed by atoms with van der Waals surface area (Å²) in [6.07, 6.45) is 7.71. The molecule has 0 saturated carbocycles. The first-order valence-electron chi connectivity index (χ1n) is 8.86. The van der Waals surface area contributed by atoms with Gasteiger partial charge in [0.2, 0.25) is 5.78 Å². The van der Waals surface area contributed by atoms with Gasteiger partial charge in [-0.15, -0.1) is 6.58 Å². The highest BCUT2D eigenvalue weighted by atomic mass is 16.5. The van der Waals surface area contributed by atoms with Crippen LogP contribution in [0.3, 0.4) is 0 Å². The lowest BCUT2D eigenvalue weighted by Crippen LogP contribution is -2.49. The van der Waals surface area contributed by atoms with Crippen molar-refractivity contribution >= 4 is 5.78 Å². The third-order valence-electron chi connectivity index (χ3n) is 6.62. The van der Waals surface area contributed by atoms with Crippen LogP contribution in [-0.4, -0.2) is 35.8 Å². The Morgan fingerprint density at radius 2 is 2.08 bits per heavy atom. The number of rotatable bonds is 3. The van der Waals surface area contributed by atoms with Crippen LogP contribution in [-0.2, 0) is 9.53 Å². The SMILES string of the molecule is C=C[C@@]1(C)CCC2=C(C(=O)C(O)=C3[C@](C)(CO)CC=C[C@]23C)[C@H]1OC. The molecule has 4 heteroatoms. The molecule has 136 valence electrons. The van der Waals surface area contributed by atoms with E-state index in [2.05, 4.69) is 18.7 Å². The van der Waals surface area contributed by atoms with Crippen LogP contribution < -0.4 is 0 Å². The Morgan fingerprint density at radius 1 is 1.40 bits per heavy atom. The van der Waals surface area contributed by atoms with E-state index in [0.29, 0.717) is 17.6 Å². The van der Waals surface area contributed by atoms with Crippen molar-refractivity contribution in [3.63, 3.8) is 0 Å². The van der Waals surface area contributed by atoms with E-state index >= 15 is 0 Å². The van der Waals surface area contributed by atoms with Crippen LogP contribution in [0, 0.1) is 16.2 Å². The fourth-order valence-electron chi connectivity index (χ4n) is 5.07. The topological polar surface area (TPSA) is 66.8 Å². The maximum Gasteiger partial charge on any atom is 0.225 e. The number of hydrogen-bond acceptors (Lipinski definition) is 4. The van der Waals surface area contributed by atoms with Crippen LogP contribution in [0.15, 0.2) is 47.3 Å². The number of allylic oxidation sites excluding steroid dienone is 4. The third-order valence-corrected chi connectivity index (χ3v) is 6.62. The summed E-state index contributed by atoms with van der Waals surface area (Å²) in [5.74, 6) is -0.588. The number of aliphatic hydroxyl groups is 2. The fourth-order valence-corrected chi connectivity index (χ4v) is 5.07. The zero-order chi connectivity index (χ0) is 18.6. The molecule has 4 nitrogen and oxygen atoms in total. The monoisotopic (exact) mass is 344 g/mol. The van der Waals surface area contributed by atoms with Crippen LogP contribution in [0.1, 0.15) is 40.0 Å². The molecule has 3 aliphatic rings. The van der Waals surface area contributed by atoms with Crippen molar-refractivity contribution in [1.29, 1.82) is 0 Å². The van der Waals surface area contributed by atoms with Crippen molar-refractivity contribution in [3.8, 4) is 0 Å². The Balaban J connectivity index is 2.28. The van der Waals surface area contributed by atoms with Crippen molar-refractivity contribution in [2.45, 2.75) is 46.1 Å². The maximum absolute atomic E-state index is 13.1. The molecule has 0 heterocycles. The number of ketones is 1. The maximum atomic E-state index is 13.1. The van der Waals surface area contributed by atoms with Crippen LogP contribution >= 0.6 is 0 Å². The number of Topliss-reactive ketones (excluding diaryl/α,β-unsaturated/α-hetero) is 1. The van der Waals surface area contributed by atoms with E-state index in [4.69, 9.17) is 4.74 Å². The zero-order valence-electron chi connectivity index (χ0n) is 15.6. The Hall–Kier alpha value is -1.65. The van der Waals surface area contributed by atoms with Crippen molar-refractivity contribution in [3.05, 3.63) is 47.3 Å². The van der Waals surface area contributed by atoms with Crippen molar-refractivity contribution < 1.29 is 19.7 Å². The summed E-state index contributed by atoms with van der Waals surface area (Å²) in [7, 11) is 1.60. The minimum Gasteiger partial charge on any atom is -0.504 e. The summed E-state index contributed by atoms with van der Waals surface area (Å²) in [6, 6.07) is 0. The molecule has 0 aromatic rings. The molecule has 0 bridgehead atoms. The zero-order valence-corrected chi connectivity index (χ0v) is 15.6. The van der Waals surface area contributed by atoms with Gasteiger partial charge in [-0.3, -0.25) is 4.79 Å². The van der Waals surface area contributed by atoms with Crippen LogP contribution in [0.4, 0.5) is 0 Å². The largest absolute Gasteiger partial charge is 0.504 e. The summed E-state index contributed by atoms with van der Waals surface area (Å²) in [4.78, 5) is 13.1. The lowest BCUT2D eigenvalue weighted by atomic mass is 9.53. The summed E-state index contributed by atoms with van der Waals surface area (Å²) in [5.41, 5.74) is 0.659. The molecule has 0 radical (unpaired) electrons. The van der Waals surface area contributed by atoms with Crippen LogP contribution in [0.2, 0.25) is 0 Å². The van der Waals surface area contributed by atoms with Gasteiger partial charge in [0, 0.05) is 28.9 Å².